The van der Waals surface area contributed by atoms with E-state index >= 15 is 0 Å². The number of hydrogen-bond donors (Lipinski definition) is 0. The van der Waals surface area contributed by atoms with Gasteiger partial charge >= 0.3 is 18.7 Å². The molecule has 14 heteroatoms. The highest BCUT2D eigenvalue weighted by Gasteiger charge is 2.40. The van der Waals surface area contributed by atoms with E-state index in [1.165, 1.54) is 34.9 Å². The zero-order valence-corrected chi connectivity index (χ0v) is 24.9. The highest BCUT2D eigenvalue weighted by atomic mass is 35.5. The Morgan fingerprint density at radius 1 is 1.17 bits per heavy atom. The molecule has 1 saturated carbocycles. The van der Waals surface area contributed by atoms with Crippen molar-refractivity contribution in [3.63, 3.8) is 0 Å². The SMILES string of the molecule is CC(C)(C)OC(=O)N1CCSC1C(=O)OC(Cc1c(Cl)c[n+]([O-])cc1Cl)c1ccc(OC(F)F)c(OCC2CC2)c1. The molecule has 2 aromatic rings. The van der Waals surface area contributed by atoms with Crippen molar-refractivity contribution >= 4 is 47.0 Å². The molecule has 1 amide bonds. The Hall–Kier alpha value is -2.70. The fourth-order valence-corrected chi connectivity index (χ4v) is 5.72. The van der Waals surface area contributed by atoms with Crippen molar-refractivity contribution in [2.24, 2.45) is 5.92 Å². The molecule has 1 aliphatic heterocycles. The Labute approximate surface area is 250 Å². The van der Waals surface area contributed by atoms with E-state index in [1.54, 1.807) is 20.8 Å². The molecule has 2 unspecified atom stereocenters. The lowest BCUT2D eigenvalue weighted by molar-refractivity contribution is -0.605. The van der Waals surface area contributed by atoms with Gasteiger partial charge in [-0.2, -0.15) is 13.5 Å². The van der Waals surface area contributed by atoms with Crippen LogP contribution in [0.5, 0.6) is 11.5 Å². The third kappa shape index (κ3) is 8.65. The summed E-state index contributed by atoms with van der Waals surface area (Å²) in [5.41, 5.74) is -0.0577. The van der Waals surface area contributed by atoms with Crippen molar-refractivity contribution in [1.82, 2.24) is 4.90 Å². The van der Waals surface area contributed by atoms with E-state index in [9.17, 15) is 23.6 Å². The quantitative estimate of drug-likeness (QED) is 0.174. The third-order valence-corrected chi connectivity index (χ3v) is 7.99. The van der Waals surface area contributed by atoms with E-state index in [0.29, 0.717) is 34.1 Å². The number of alkyl halides is 2. The van der Waals surface area contributed by atoms with Crippen molar-refractivity contribution in [2.75, 3.05) is 18.9 Å². The first-order valence-corrected chi connectivity index (χ1v) is 14.7. The maximum Gasteiger partial charge on any atom is 0.411 e. The number of carbonyl (C=O) groups is 2. The summed E-state index contributed by atoms with van der Waals surface area (Å²) in [5.74, 6) is -0.0176. The number of halogens is 4. The van der Waals surface area contributed by atoms with Crippen molar-refractivity contribution in [3.05, 3.63) is 57.0 Å². The lowest BCUT2D eigenvalue weighted by atomic mass is 10.0. The molecule has 2 fully saturated rings. The largest absolute Gasteiger partial charge is 0.619 e. The van der Waals surface area contributed by atoms with Crippen LogP contribution in [0, 0.1) is 11.1 Å². The summed E-state index contributed by atoms with van der Waals surface area (Å²) in [4.78, 5) is 27.5. The molecule has 1 aromatic heterocycles. The molecule has 4 rings (SSSR count). The fourth-order valence-electron chi connectivity index (χ4n) is 4.03. The number of nitrogens with zero attached hydrogens (tertiary/aromatic N) is 2. The smallest absolute Gasteiger partial charge is 0.411 e. The van der Waals surface area contributed by atoms with Crippen molar-refractivity contribution in [2.45, 2.75) is 63.7 Å². The van der Waals surface area contributed by atoms with Crippen LogP contribution in [0.2, 0.25) is 10.0 Å². The van der Waals surface area contributed by atoms with E-state index in [2.05, 4.69) is 4.74 Å². The molecule has 41 heavy (non-hydrogen) atoms. The van der Waals surface area contributed by atoms with Gasteiger partial charge in [0, 0.05) is 24.3 Å². The molecule has 224 valence electrons. The monoisotopic (exact) mass is 634 g/mol. The molecule has 0 bridgehead atoms. The van der Waals surface area contributed by atoms with Crippen LogP contribution in [0.15, 0.2) is 30.6 Å². The van der Waals surface area contributed by atoms with Gasteiger partial charge < -0.3 is 24.2 Å². The first-order chi connectivity index (χ1) is 19.3. The topological polar surface area (TPSA) is 101 Å². The average molecular weight is 636 g/mol. The van der Waals surface area contributed by atoms with Gasteiger partial charge in [0.2, 0.25) is 0 Å². The molecular weight excluding hydrogens is 605 g/mol. The first-order valence-electron chi connectivity index (χ1n) is 12.9. The zero-order valence-electron chi connectivity index (χ0n) is 22.6. The molecule has 1 saturated heterocycles. The zero-order chi connectivity index (χ0) is 29.9. The maximum absolute atomic E-state index is 13.5. The van der Waals surface area contributed by atoms with Gasteiger partial charge in [0.05, 0.1) is 6.61 Å². The number of thioether (sulfide) groups is 1. The Morgan fingerprint density at radius 3 is 2.46 bits per heavy atom. The summed E-state index contributed by atoms with van der Waals surface area (Å²) in [6.45, 7) is 2.69. The Kier molecular flexibility index (Phi) is 9.97. The summed E-state index contributed by atoms with van der Waals surface area (Å²) >= 11 is 13.8. The Morgan fingerprint density at radius 2 is 1.85 bits per heavy atom. The van der Waals surface area contributed by atoms with Gasteiger partial charge in [-0.3, -0.25) is 4.90 Å². The number of carbonyl (C=O) groups excluding carboxylic acids is 2. The summed E-state index contributed by atoms with van der Waals surface area (Å²) < 4.78 is 48.4. The van der Waals surface area contributed by atoms with Gasteiger partial charge in [-0.15, -0.1) is 11.8 Å². The molecule has 9 nitrogen and oxygen atoms in total. The Balaban J connectivity index is 1.65. The molecule has 0 N–H and O–H groups in total. The van der Waals surface area contributed by atoms with Crippen LogP contribution in [0.4, 0.5) is 13.6 Å². The average Bonchev–Trinajstić information content (AvgIpc) is 3.55. The van der Waals surface area contributed by atoms with Gasteiger partial charge in [-0.05, 0) is 57.2 Å². The molecule has 2 atom stereocenters. The number of esters is 1. The highest BCUT2D eigenvalue weighted by molar-refractivity contribution is 8.00. The van der Waals surface area contributed by atoms with Crippen LogP contribution >= 0.6 is 35.0 Å². The van der Waals surface area contributed by atoms with Crippen LogP contribution < -0.4 is 14.2 Å². The summed E-state index contributed by atoms with van der Waals surface area (Å²) in [5, 5.41) is 10.9. The minimum absolute atomic E-state index is 0.0435. The molecule has 1 aromatic carbocycles. The first kappa shape index (κ1) is 31.2. The second kappa shape index (κ2) is 13.1. The maximum atomic E-state index is 13.5. The summed E-state index contributed by atoms with van der Waals surface area (Å²) in [7, 11) is 0. The van der Waals surface area contributed by atoms with Gasteiger partial charge in [0.15, 0.2) is 29.3 Å². The summed E-state index contributed by atoms with van der Waals surface area (Å²) in [6.07, 6.45) is 2.41. The number of aromatic nitrogens is 1. The van der Waals surface area contributed by atoms with E-state index in [0.717, 1.165) is 25.2 Å². The van der Waals surface area contributed by atoms with Crippen LogP contribution in [0.1, 0.15) is 50.8 Å². The lowest BCUT2D eigenvalue weighted by Gasteiger charge is -2.28. The fraction of sp³-hybridized carbons (Fsp3) is 0.519. The van der Waals surface area contributed by atoms with Gasteiger partial charge in [-0.25, -0.2) is 9.59 Å². The van der Waals surface area contributed by atoms with Crippen molar-refractivity contribution in [1.29, 1.82) is 0 Å². The molecule has 2 aliphatic rings. The molecule has 0 radical (unpaired) electrons. The second-order valence-electron chi connectivity index (χ2n) is 10.7. The number of rotatable bonds is 10. The summed E-state index contributed by atoms with van der Waals surface area (Å²) in [6, 6.07) is 4.23. The number of hydrogen-bond acceptors (Lipinski definition) is 8. The second-order valence-corrected chi connectivity index (χ2v) is 12.7. The lowest BCUT2D eigenvalue weighted by Crippen LogP contribution is -2.43. The van der Waals surface area contributed by atoms with Crippen molar-refractivity contribution < 1.29 is 42.0 Å². The number of pyridine rings is 1. The normalized spacial score (nSPS) is 17.9. The van der Waals surface area contributed by atoms with Crippen LogP contribution in [0.3, 0.4) is 0 Å². The van der Waals surface area contributed by atoms with E-state index in [-0.39, 0.29) is 34.5 Å². The van der Waals surface area contributed by atoms with Gasteiger partial charge in [0.1, 0.15) is 21.8 Å². The molecule has 2 heterocycles. The van der Waals surface area contributed by atoms with Gasteiger partial charge in [-0.1, -0.05) is 29.3 Å². The predicted molar refractivity (Wildman–Crippen MR) is 148 cm³/mol. The minimum atomic E-state index is -3.07. The van der Waals surface area contributed by atoms with E-state index < -0.39 is 35.8 Å². The third-order valence-electron chi connectivity index (χ3n) is 6.15. The Bertz CT molecular complexity index is 1250. The number of amides is 1. The highest BCUT2D eigenvalue weighted by Crippen LogP contribution is 2.38. The van der Waals surface area contributed by atoms with E-state index in [1.807, 2.05) is 0 Å². The van der Waals surface area contributed by atoms with Crippen molar-refractivity contribution in [3.8, 4) is 11.5 Å². The van der Waals surface area contributed by atoms with Crippen LogP contribution in [0.25, 0.3) is 0 Å². The minimum Gasteiger partial charge on any atom is -0.619 e. The standard InChI is InChI=1S/C27H30Cl2F2N2O7S/c1-27(2,3)40-26(35)33-8-9-41-23(33)24(34)38-21(11-17-18(28)12-32(36)13-19(17)29)16-6-7-20(39-25(30)31)22(10-16)37-14-15-4-5-15/h6-7,10,12-13,15,21,23,25H,4-5,8-9,11,14H2,1-3H3. The number of benzene rings is 1. The van der Waals surface area contributed by atoms with Crippen LogP contribution in [-0.4, -0.2) is 53.5 Å². The van der Waals surface area contributed by atoms with Crippen LogP contribution in [-0.2, 0) is 20.7 Å². The van der Waals surface area contributed by atoms with E-state index in [4.69, 9.17) is 37.4 Å². The number of ether oxygens (including phenoxy) is 4. The molecular formula is C27H30Cl2F2N2O7S. The molecule has 1 aliphatic carbocycles. The molecule has 0 spiro atoms. The predicted octanol–water partition coefficient (Wildman–Crippen LogP) is 6.15. The van der Waals surface area contributed by atoms with Gasteiger partial charge in [0.25, 0.3) is 0 Å².